The maximum Gasteiger partial charge on any atom is 0.226 e. The lowest BCUT2D eigenvalue weighted by molar-refractivity contribution is -0.116. The van der Waals surface area contributed by atoms with E-state index in [0.717, 1.165) is 16.8 Å². The van der Waals surface area contributed by atoms with Crippen molar-refractivity contribution < 1.29 is 13.2 Å². The lowest BCUT2D eigenvalue weighted by atomic mass is 9.86. The van der Waals surface area contributed by atoms with E-state index in [-0.39, 0.29) is 29.4 Å². The van der Waals surface area contributed by atoms with Gasteiger partial charge in [0.05, 0.1) is 23.2 Å². The van der Waals surface area contributed by atoms with Gasteiger partial charge in [-0.2, -0.15) is 5.10 Å². The van der Waals surface area contributed by atoms with Crippen LogP contribution < -0.4 is 5.32 Å². The lowest BCUT2D eigenvalue weighted by Gasteiger charge is -2.25. The average Bonchev–Trinajstić information content (AvgIpc) is 3.13. The Kier molecular flexibility index (Phi) is 4.35. The number of hydrogen-bond acceptors (Lipinski definition) is 5. The summed E-state index contributed by atoms with van der Waals surface area (Å²) in [5.41, 5.74) is 2.94. The quantitative estimate of drug-likeness (QED) is 0.814. The van der Waals surface area contributed by atoms with Crippen LogP contribution in [-0.2, 0) is 14.6 Å². The zero-order chi connectivity index (χ0) is 18.5. The molecule has 4 rings (SSSR count). The van der Waals surface area contributed by atoms with Crippen molar-refractivity contribution in [2.24, 2.45) is 0 Å². The molecule has 2 aliphatic heterocycles. The van der Waals surface area contributed by atoms with Crippen LogP contribution in [0, 0.1) is 6.92 Å². The fourth-order valence-corrected chi connectivity index (χ4v) is 6.03. The van der Waals surface area contributed by atoms with E-state index >= 15 is 0 Å². The Balaban J connectivity index is 1.77. The van der Waals surface area contributed by atoms with Gasteiger partial charge in [-0.05, 0) is 37.3 Å². The number of carbonyl (C=O) groups is 1. The Labute approximate surface area is 157 Å². The van der Waals surface area contributed by atoms with Crippen molar-refractivity contribution >= 4 is 33.3 Å². The van der Waals surface area contributed by atoms with Crippen LogP contribution in [0.2, 0.25) is 0 Å². The van der Waals surface area contributed by atoms with Crippen molar-refractivity contribution in [2.45, 2.75) is 36.6 Å². The summed E-state index contributed by atoms with van der Waals surface area (Å²) in [5.74, 6) is 0.821. The molecule has 8 heteroatoms. The third kappa shape index (κ3) is 3.05. The minimum Gasteiger partial charge on any atom is -0.311 e. The van der Waals surface area contributed by atoms with Gasteiger partial charge in [0, 0.05) is 22.8 Å². The molecule has 26 heavy (non-hydrogen) atoms. The first-order valence-electron chi connectivity index (χ1n) is 8.61. The monoisotopic (exact) mass is 391 g/mol. The molecule has 138 valence electrons. The van der Waals surface area contributed by atoms with Gasteiger partial charge in [0.2, 0.25) is 5.91 Å². The van der Waals surface area contributed by atoms with Gasteiger partial charge in [0.15, 0.2) is 9.84 Å². The summed E-state index contributed by atoms with van der Waals surface area (Å²) in [4.78, 5) is 13.5. The number of benzene rings is 1. The number of nitrogens with zero attached hydrogens (tertiary/aromatic N) is 2. The van der Waals surface area contributed by atoms with Gasteiger partial charge in [-0.1, -0.05) is 12.1 Å². The van der Waals surface area contributed by atoms with Crippen LogP contribution in [0.1, 0.15) is 41.6 Å². The second-order valence-electron chi connectivity index (χ2n) is 6.93. The Morgan fingerprint density at radius 2 is 2.00 bits per heavy atom. The van der Waals surface area contributed by atoms with E-state index in [0.29, 0.717) is 18.7 Å². The summed E-state index contributed by atoms with van der Waals surface area (Å²) in [7, 11) is -3.02. The topological polar surface area (TPSA) is 81.1 Å². The number of thioether (sulfide) groups is 1. The highest BCUT2D eigenvalue weighted by molar-refractivity contribution is 7.98. The highest BCUT2D eigenvalue weighted by atomic mass is 32.2. The number of anilines is 1. The molecular formula is C18H21N3O3S2. The van der Waals surface area contributed by atoms with Crippen molar-refractivity contribution in [3.63, 3.8) is 0 Å². The molecule has 1 aromatic heterocycles. The predicted molar refractivity (Wildman–Crippen MR) is 103 cm³/mol. The number of amides is 1. The molecule has 1 saturated heterocycles. The SMILES string of the molecule is CSc1ccc([C@H]2CC(=O)Nc3c2c(C)nn3[C@H]2CCS(=O)(=O)C2)cc1. The van der Waals surface area contributed by atoms with E-state index in [1.807, 2.05) is 13.2 Å². The van der Waals surface area contributed by atoms with Crippen molar-refractivity contribution in [3.8, 4) is 0 Å². The number of aromatic nitrogens is 2. The first-order chi connectivity index (χ1) is 12.4. The molecule has 1 aromatic carbocycles. The fraction of sp³-hybridized carbons (Fsp3) is 0.444. The third-order valence-corrected chi connectivity index (χ3v) is 7.69. The zero-order valence-corrected chi connectivity index (χ0v) is 16.4. The molecule has 0 spiro atoms. The van der Waals surface area contributed by atoms with Crippen LogP contribution in [0.5, 0.6) is 0 Å². The standard InChI is InChI=1S/C18H21N3O3S2/c1-11-17-15(12-3-5-14(25-2)6-4-12)9-16(22)19-18(17)21(20-11)13-7-8-26(23,24)10-13/h3-6,13,15H,7-10H2,1-2H3,(H,19,22)/t13-,15+/m0/s1. The Morgan fingerprint density at radius 1 is 1.27 bits per heavy atom. The molecule has 6 nitrogen and oxygen atoms in total. The number of rotatable bonds is 3. The van der Waals surface area contributed by atoms with Crippen molar-refractivity contribution in [1.29, 1.82) is 0 Å². The maximum atomic E-state index is 12.4. The maximum absolute atomic E-state index is 12.4. The Morgan fingerprint density at radius 3 is 2.62 bits per heavy atom. The van der Waals surface area contributed by atoms with Gasteiger partial charge in [0.1, 0.15) is 5.82 Å². The minimum atomic E-state index is -3.02. The van der Waals surface area contributed by atoms with E-state index in [1.165, 1.54) is 4.90 Å². The van der Waals surface area contributed by atoms with Crippen LogP contribution in [0.25, 0.3) is 0 Å². The number of fused-ring (bicyclic) bond motifs is 1. The molecule has 1 N–H and O–H groups in total. The summed E-state index contributed by atoms with van der Waals surface area (Å²) in [6.45, 7) is 1.93. The molecule has 1 amide bonds. The van der Waals surface area contributed by atoms with Crippen molar-refractivity contribution in [1.82, 2.24) is 9.78 Å². The van der Waals surface area contributed by atoms with E-state index < -0.39 is 9.84 Å². The summed E-state index contributed by atoms with van der Waals surface area (Å²) < 4.78 is 25.5. The molecule has 2 aliphatic rings. The number of nitrogens with one attached hydrogen (secondary N) is 1. The van der Waals surface area contributed by atoms with E-state index in [9.17, 15) is 13.2 Å². The van der Waals surface area contributed by atoms with E-state index in [4.69, 9.17) is 0 Å². The molecule has 0 radical (unpaired) electrons. The zero-order valence-electron chi connectivity index (χ0n) is 14.7. The smallest absolute Gasteiger partial charge is 0.226 e. The highest BCUT2D eigenvalue weighted by Crippen LogP contribution is 2.41. The summed E-state index contributed by atoms with van der Waals surface area (Å²) in [5, 5.41) is 7.56. The summed E-state index contributed by atoms with van der Waals surface area (Å²) in [6.07, 6.45) is 2.95. The van der Waals surface area contributed by atoms with Gasteiger partial charge >= 0.3 is 0 Å². The molecule has 1 fully saturated rings. The molecule has 0 unspecified atom stereocenters. The molecular weight excluding hydrogens is 370 g/mol. The molecule has 3 heterocycles. The van der Waals surface area contributed by atoms with Gasteiger partial charge in [-0.15, -0.1) is 11.8 Å². The first-order valence-corrected chi connectivity index (χ1v) is 11.7. The minimum absolute atomic E-state index is 0.0542. The molecule has 0 bridgehead atoms. The summed E-state index contributed by atoms with van der Waals surface area (Å²) >= 11 is 1.68. The van der Waals surface area contributed by atoms with Gasteiger partial charge in [0.25, 0.3) is 0 Å². The summed E-state index contributed by atoms with van der Waals surface area (Å²) in [6, 6.07) is 8.05. The van der Waals surface area contributed by atoms with E-state index in [2.05, 4.69) is 34.7 Å². The van der Waals surface area contributed by atoms with Crippen LogP contribution in [-0.4, -0.2) is 41.9 Å². The number of carbonyl (C=O) groups excluding carboxylic acids is 1. The molecule has 0 saturated carbocycles. The highest BCUT2D eigenvalue weighted by Gasteiger charge is 2.37. The Hall–Kier alpha value is -1.80. The number of aryl methyl sites for hydroxylation is 1. The van der Waals surface area contributed by atoms with Gasteiger partial charge < -0.3 is 5.32 Å². The Bertz CT molecular complexity index is 964. The molecule has 0 aliphatic carbocycles. The first kappa shape index (κ1) is 17.6. The normalized spacial score (nSPS) is 24.3. The molecule has 2 atom stereocenters. The largest absolute Gasteiger partial charge is 0.311 e. The third-order valence-electron chi connectivity index (χ3n) is 5.20. The second kappa shape index (κ2) is 6.42. The van der Waals surface area contributed by atoms with Gasteiger partial charge in [-0.3, -0.25) is 4.79 Å². The number of sulfone groups is 1. The average molecular weight is 392 g/mol. The van der Waals surface area contributed by atoms with Crippen LogP contribution >= 0.6 is 11.8 Å². The van der Waals surface area contributed by atoms with Crippen LogP contribution in [0.15, 0.2) is 29.2 Å². The van der Waals surface area contributed by atoms with Crippen molar-refractivity contribution in [3.05, 3.63) is 41.1 Å². The van der Waals surface area contributed by atoms with Crippen LogP contribution in [0.4, 0.5) is 5.82 Å². The van der Waals surface area contributed by atoms with Gasteiger partial charge in [-0.25, -0.2) is 13.1 Å². The number of hydrogen-bond donors (Lipinski definition) is 1. The fourth-order valence-electron chi connectivity index (χ4n) is 3.93. The predicted octanol–water partition coefficient (Wildman–Crippen LogP) is 2.75. The van der Waals surface area contributed by atoms with E-state index in [1.54, 1.807) is 16.4 Å². The lowest BCUT2D eigenvalue weighted by Crippen LogP contribution is -2.26. The molecule has 2 aromatic rings. The second-order valence-corrected chi connectivity index (χ2v) is 10.0. The van der Waals surface area contributed by atoms with Crippen LogP contribution in [0.3, 0.4) is 0 Å². The van der Waals surface area contributed by atoms with Crippen molar-refractivity contribution in [2.75, 3.05) is 23.1 Å².